The van der Waals surface area contributed by atoms with Gasteiger partial charge in [0.1, 0.15) is 0 Å². The monoisotopic (exact) mass is 439 g/mol. The zero-order valence-corrected chi connectivity index (χ0v) is 19.0. The van der Waals surface area contributed by atoms with Gasteiger partial charge in [-0.1, -0.05) is 0 Å². The molecule has 1 aromatic heterocycles. The van der Waals surface area contributed by atoms with Crippen LogP contribution in [0.3, 0.4) is 0 Å². The first-order valence-electron chi connectivity index (χ1n) is 9.45. The molecule has 2 radical (unpaired) electrons. The third-order valence-electron chi connectivity index (χ3n) is 5.25. The summed E-state index contributed by atoms with van der Waals surface area (Å²) in [4.78, 5) is 4.70. The topological polar surface area (TPSA) is 12.9 Å². The molecule has 0 aliphatic rings. The van der Waals surface area contributed by atoms with Crippen molar-refractivity contribution in [3.63, 3.8) is 0 Å². The Morgan fingerprint density at radius 3 is 2.07 bits per heavy atom. The van der Waals surface area contributed by atoms with Gasteiger partial charge in [0.25, 0.3) is 0 Å². The van der Waals surface area contributed by atoms with E-state index < -0.39 is 15.4 Å². The van der Waals surface area contributed by atoms with Gasteiger partial charge in [0.2, 0.25) is 0 Å². The summed E-state index contributed by atoms with van der Waals surface area (Å²) in [5.74, 6) is 0. The van der Waals surface area contributed by atoms with Crippen molar-refractivity contribution in [2.75, 3.05) is 13.3 Å². The zero-order chi connectivity index (χ0) is 19.1. The normalized spacial score (nSPS) is 11.7. The van der Waals surface area contributed by atoms with Gasteiger partial charge in [0, 0.05) is 0 Å². The quantitative estimate of drug-likeness (QED) is 0.229. The van der Waals surface area contributed by atoms with E-state index in [1.54, 1.807) is 0 Å². The van der Waals surface area contributed by atoms with Crippen LogP contribution in [0.2, 0.25) is 0 Å². The predicted molar refractivity (Wildman–Crippen MR) is 127 cm³/mol. The molecule has 3 heteroatoms. The summed E-state index contributed by atoms with van der Waals surface area (Å²) >= 11 is -0.506. The van der Waals surface area contributed by atoms with Gasteiger partial charge < -0.3 is 0 Å². The van der Waals surface area contributed by atoms with Crippen LogP contribution >= 0.6 is 7.92 Å². The molecular weight excluding hydrogens is 418 g/mol. The second-order valence-corrected chi connectivity index (χ2v) is 12.3. The molecule has 0 aliphatic carbocycles. The van der Waals surface area contributed by atoms with Crippen LogP contribution in [0.25, 0.3) is 32.4 Å². The summed E-state index contributed by atoms with van der Waals surface area (Å²) < 4.78 is 2.92. The molecule has 5 rings (SSSR count). The first-order valence-corrected chi connectivity index (χ1v) is 13.8. The van der Waals surface area contributed by atoms with E-state index in [1.165, 1.54) is 41.0 Å². The van der Waals surface area contributed by atoms with Gasteiger partial charge in [-0.05, 0) is 0 Å². The summed E-state index contributed by atoms with van der Waals surface area (Å²) in [5.41, 5.74) is 1.16. The number of pyridine rings is 1. The molecule has 28 heavy (non-hydrogen) atoms. The van der Waals surface area contributed by atoms with Crippen LogP contribution in [0.1, 0.15) is 0 Å². The van der Waals surface area contributed by atoms with Crippen molar-refractivity contribution in [1.29, 1.82) is 0 Å². The fourth-order valence-corrected chi connectivity index (χ4v) is 7.91. The van der Waals surface area contributed by atoms with Crippen LogP contribution in [0.5, 0.6) is 0 Å². The van der Waals surface area contributed by atoms with Gasteiger partial charge in [0.15, 0.2) is 0 Å². The van der Waals surface area contributed by atoms with Crippen molar-refractivity contribution in [3.05, 3.63) is 85.1 Å². The molecule has 5 aromatic rings. The average molecular weight is 438 g/mol. The Morgan fingerprint density at radius 1 is 0.643 bits per heavy atom. The average Bonchev–Trinajstić information content (AvgIpc) is 2.73. The molecule has 0 amide bonds. The van der Waals surface area contributed by atoms with Gasteiger partial charge in [-0.3, -0.25) is 0 Å². The summed E-state index contributed by atoms with van der Waals surface area (Å²) in [6.07, 6.45) is 1.91. The van der Waals surface area contributed by atoms with E-state index in [4.69, 9.17) is 4.98 Å². The van der Waals surface area contributed by atoms with E-state index in [-0.39, 0.29) is 7.92 Å². The molecule has 0 atom stereocenters. The Labute approximate surface area is 173 Å². The van der Waals surface area contributed by atoms with Crippen LogP contribution in [0.15, 0.2) is 85.1 Å². The molecule has 0 saturated heterocycles. The minimum absolute atomic E-state index is 0.167. The van der Waals surface area contributed by atoms with Crippen molar-refractivity contribution >= 4 is 69.9 Å². The SMILES string of the molecule is CP(C)c1cccc2ccc3ccc[c]([Ge][c]4cccc5cccnc45)c3c12. The first kappa shape index (κ1) is 17.9. The van der Waals surface area contributed by atoms with E-state index in [1.807, 2.05) is 12.3 Å². The molecule has 0 unspecified atom stereocenters. The van der Waals surface area contributed by atoms with Crippen molar-refractivity contribution in [2.24, 2.45) is 0 Å². The number of hydrogen-bond acceptors (Lipinski definition) is 1. The fraction of sp³-hybridized carbons (Fsp3) is 0.0800. The van der Waals surface area contributed by atoms with Gasteiger partial charge in [-0.2, -0.15) is 0 Å². The Kier molecular flexibility index (Phi) is 4.66. The number of hydrogen-bond donors (Lipinski definition) is 0. The number of para-hydroxylation sites is 1. The van der Waals surface area contributed by atoms with E-state index in [0.717, 1.165) is 5.52 Å². The van der Waals surface area contributed by atoms with Gasteiger partial charge >= 0.3 is 173 Å². The molecule has 0 spiro atoms. The molecule has 0 N–H and O–H groups in total. The maximum absolute atomic E-state index is 4.70. The summed E-state index contributed by atoms with van der Waals surface area (Å²) in [6.45, 7) is 4.72. The Balaban J connectivity index is 1.80. The molecule has 134 valence electrons. The summed E-state index contributed by atoms with van der Waals surface area (Å²) in [5, 5.41) is 8.37. The fourth-order valence-electron chi connectivity index (χ4n) is 3.96. The van der Waals surface area contributed by atoms with E-state index in [2.05, 4.69) is 86.1 Å². The molecule has 0 fully saturated rings. The van der Waals surface area contributed by atoms with E-state index >= 15 is 0 Å². The molecule has 4 aromatic carbocycles. The molecule has 1 nitrogen and oxygen atoms in total. The number of fused-ring (bicyclic) bond motifs is 4. The van der Waals surface area contributed by atoms with Crippen molar-refractivity contribution < 1.29 is 0 Å². The molecule has 0 bridgehead atoms. The van der Waals surface area contributed by atoms with Crippen LogP contribution in [0.4, 0.5) is 0 Å². The van der Waals surface area contributed by atoms with E-state index in [0.29, 0.717) is 0 Å². The van der Waals surface area contributed by atoms with Gasteiger partial charge in [0.05, 0.1) is 0 Å². The van der Waals surface area contributed by atoms with Gasteiger partial charge in [-0.25, -0.2) is 0 Å². The predicted octanol–water partition coefficient (Wildman–Crippen LogP) is 4.56. The number of nitrogens with zero attached hydrogens (tertiary/aromatic N) is 1. The minimum atomic E-state index is -0.506. The van der Waals surface area contributed by atoms with Crippen LogP contribution in [0, 0.1) is 0 Å². The molecular formula is C25H20GeNP. The van der Waals surface area contributed by atoms with Crippen LogP contribution < -0.4 is 14.1 Å². The third-order valence-corrected chi connectivity index (χ3v) is 9.43. The van der Waals surface area contributed by atoms with Crippen LogP contribution in [-0.4, -0.2) is 33.7 Å². The van der Waals surface area contributed by atoms with Crippen molar-refractivity contribution in [3.8, 4) is 0 Å². The maximum atomic E-state index is 4.70. The molecule has 0 saturated carbocycles. The van der Waals surface area contributed by atoms with Crippen LogP contribution in [-0.2, 0) is 0 Å². The second kappa shape index (κ2) is 7.31. The number of benzene rings is 4. The van der Waals surface area contributed by atoms with Gasteiger partial charge in [-0.15, -0.1) is 0 Å². The Morgan fingerprint density at radius 2 is 1.29 bits per heavy atom. The Hall–Kier alpha value is -2.22. The van der Waals surface area contributed by atoms with Crippen molar-refractivity contribution in [2.45, 2.75) is 0 Å². The Bertz CT molecular complexity index is 1320. The first-order chi connectivity index (χ1) is 13.7. The number of aromatic nitrogens is 1. The summed E-state index contributed by atoms with van der Waals surface area (Å²) in [6, 6.07) is 29.0. The second-order valence-electron chi connectivity index (χ2n) is 7.24. The van der Waals surface area contributed by atoms with E-state index in [9.17, 15) is 0 Å². The zero-order valence-electron chi connectivity index (χ0n) is 16.0. The summed E-state index contributed by atoms with van der Waals surface area (Å²) in [7, 11) is -0.167. The van der Waals surface area contributed by atoms with Crippen molar-refractivity contribution in [1.82, 2.24) is 4.98 Å². The number of rotatable bonds is 3. The standard InChI is InChI=1S/C25H20GeNP/c1-28(2)22-13-5-8-18-15-14-17-7-3-11-20(23(17)24(18)22)26-21-12-4-9-19-10-6-16-27-25(19)21/h3-16H,1-2H3. The molecule has 0 aliphatic heterocycles. The third kappa shape index (κ3) is 3.03. The molecule has 1 heterocycles.